The molecular formula is C23H40O3. The van der Waals surface area contributed by atoms with E-state index >= 15 is 0 Å². The average Bonchev–Trinajstić information content (AvgIpc) is 2.54. The number of allylic oxidation sites excluding steroid dienone is 4. The van der Waals surface area contributed by atoms with Gasteiger partial charge in [-0.2, -0.15) is 0 Å². The normalized spacial score (nSPS) is 12.6. The predicted molar refractivity (Wildman–Crippen MR) is 110 cm³/mol. The number of rotatable bonds is 15. The van der Waals surface area contributed by atoms with Crippen molar-refractivity contribution in [3.63, 3.8) is 0 Å². The van der Waals surface area contributed by atoms with Crippen LogP contribution >= 0.6 is 0 Å². The molecule has 26 heavy (non-hydrogen) atoms. The zero-order valence-electron chi connectivity index (χ0n) is 17.7. The maximum absolute atomic E-state index is 11.8. The lowest BCUT2D eigenvalue weighted by molar-refractivity contribution is -0.145. The monoisotopic (exact) mass is 364 g/mol. The summed E-state index contributed by atoms with van der Waals surface area (Å²) in [6, 6.07) is 0. The Balaban J connectivity index is 3.81. The van der Waals surface area contributed by atoms with Crippen molar-refractivity contribution in [2.45, 2.75) is 98.8 Å². The number of ether oxygens (including phenoxy) is 1. The summed E-state index contributed by atoms with van der Waals surface area (Å²) in [6.07, 6.45) is 13.3. The first-order valence-electron chi connectivity index (χ1n) is 10.3. The van der Waals surface area contributed by atoms with E-state index in [2.05, 4.69) is 46.8 Å². The molecule has 0 aliphatic heterocycles. The van der Waals surface area contributed by atoms with Crippen molar-refractivity contribution in [3.05, 3.63) is 23.3 Å². The van der Waals surface area contributed by atoms with Crippen LogP contribution in [0.3, 0.4) is 0 Å². The van der Waals surface area contributed by atoms with Crippen molar-refractivity contribution >= 4 is 11.8 Å². The number of carbonyl (C=O) groups excluding carboxylic acids is 2. The molecular weight excluding hydrogens is 324 g/mol. The molecule has 0 aromatic rings. The highest BCUT2D eigenvalue weighted by atomic mass is 16.5. The molecule has 0 aromatic carbocycles. The number of hydrogen-bond acceptors (Lipinski definition) is 3. The molecule has 0 aliphatic rings. The van der Waals surface area contributed by atoms with Gasteiger partial charge < -0.3 is 4.74 Å². The van der Waals surface area contributed by atoms with Crippen LogP contribution in [0.15, 0.2) is 23.3 Å². The Bertz CT molecular complexity index is 456. The molecule has 0 saturated heterocycles. The first-order chi connectivity index (χ1) is 12.3. The number of esters is 1. The van der Waals surface area contributed by atoms with Crippen molar-refractivity contribution in [1.29, 1.82) is 0 Å². The van der Waals surface area contributed by atoms with E-state index < -0.39 is 0 Å². The van der Waals surface area contributed by atoms with Gasteiger partial charge in [-0.05, 0) is 58.8 Å². The zero-order chi connectivity index (χ0) is 19.8. The van der Waals surface area contributed by atoms with Gasteiger partial charge in [0.25, 0.3) is 0 Å². The second-order valence-corrected chi connectivity index (χ2v) is 7.72. The Morgan fingerprint density at radius 2 is 1.69 bits per heavy atom. The van der Waals surface area contributed by atoms with Gasteiger partial charge in [0.1, 0.15) is 5.78 Å². The van der Waals surface area contributed by atoms with Crippen LogP contribution in [0.5, 0.6) is 0 Å². The molecule has 0 amide bonds. The Morgan fingerprint density at radius 3 is 2.35 bits per heavy atom. The second kappa shape index (κ2) is 15.8. The SMILES string of the molecule is CCCCCC(=O)CCOC(=O)C[C@@H](C)CC/C=C(\C)CCC=C(C)C. The Labute approximate surface area is 161 Å². The predicted octanol–water partition coefficient (Wildman–Crippen LogP) is 6.57. The summed E-state index contributed by atoms with van der Waals surface area (Å²) in [6.45, 7) is 10.9. The number of carbonyl (C=O) groups is 2. The second-order valence-electron chi connectivity index (χ2n) is 7.72. The maximum Gasteiger partial charge on any atom is 0.306 e. The van der Waals surface area contributed by atoms with Crippen LogP contribution in [0.25, 0.3) is 0 Å². The topological polar surface area (TPSA) is 43.4 Å². The summed E-state index contributed by atoms with van der Waals surface area (Å²) in [4.78, 5) is 23.5. The fraction of sp³-hybridized carbons (Fsp3) is 0.739. The first-order valence-corrected chi connectivity index (χ1v) is 10.3. The van der Waals surface area contributed by atoms with Crippen molar-refractivity contribution in [3.8, 4) is 0 Å². The van der Waals surface area contributed by atoms with Gasteiger partial charge in [0.05, 0.1) is 6.61 Å². The van der Waals surface area contributed by atoms with Gasteiger partial charge in [-0.15, -0.1) is 0 Å². The molecule has 0 rings (SSSR count). The highest BCUT2D eigenvalue weighted by molar-refractivity contribution is 5.78. The lowest BCUT2D eigenvalue weighted by Crippen LogP contribution is -2.12. The minimum absolute atomic E-state index is 0.178. The van der Waals surface area contributed by atoms with E-state index in [0.29, 0.717) is 25.2 Å². The standard InChI is InChI=1S/C23H40O3/c1-6-7-8-15-22(24)16-17-26-23(25)18-21(5)14-10-13-20(4)12-9-11-19(2)3/h11,13,21H,6-10,12,14-18H2,1-5H3/b20-13+/t21-/m0/s1. The fourth-order valence-corrected chi connectivity index (χ4v) is 2.73. The number of hydrogen-bond donors (Lipinski definition) is 0. The first kappa shape index (κ1) is 24.6. The molecule has 0 fully saturated rings. The van der Waals surface area contributed by atoms with Crippen LogP contribution in [0.2, 0.25) is 0 Å². The van der Waals surface area contributed by atoms with Crippen molar-refractivity contribution in [2.24, 2.45) is 5.92 Å². The lowest BCUT2D eigenvalue weighted by atomic mass is 10.00. The van der Waals surface area contributed by atoms with Crippen LogP contribution in [0.1, 0.15) is 98.8 Å². The lowest BCUT2D eigenvalue weighted by Gasteiger charge is -2.10. The Morgan fingerprint density at radius 1 is 0.962 bits per heavy atom. The molecule has 0 bridgehead atoms. The molecule has 0 aliphatic carbocycles. The smallest absolute Gasteiger partial charge is 0.306 e. The summed E-state index contributed by atoms with van der Waals surface area (Å²) in [5.74, 6) is 0.334. The summed E-state index contributed by atoms with van der Waals surface area (Å²) in [5.41, 5.74) is 2.78. The van der Waals surface area contributed by atoms with Crippen molar-refractivity contribution in [1.82, 2.24) is 0 Å². The molecule has 0 aromatic heterocycles. The molecule has 150 valence electrons. The van der Waals surface area contributed by atoms with E-state index in [-0.39, 0.29) is 18.4 Å². The number of unbranched alkanes of at least 4 members (excludes halogenated alkanes) is 2. The summed E-state index contributed by atoms with van der Waals surface area (Å²) < 4.78 is 5.21. The average molecular weight is 365 g/mol. The molecule has 0 saturated carbocycles. The van der Waals surface area contributed by atoms with Crippen LogP contribution in [-0.2, 0) is 14.3 Å². The molecule has 0 spiro atoms. The van der Waals surface area contributed by atoms with Gasteiger partial charge in [-0.3, -0.25) is 9.59 Å². The molecule has 0 heterocycles. The van der Waals surface area contributed by atoms with Crippen LogP contribution < -0.4 is 0 Å². The van der Waals surface area contributed by atoms with Gasteiger partial charge in [0.15, 0.2) is 0 Å². The third kappa shape index (κ3) is 16.1. The molecule has 0 radical (unpaired) electrons. The molecule has 0 N–H and O–H groups in total. The van der Waals surface area contributed by atoms with Gasteiger partial charge in [-0.1, -0.05) is 50.0 Å². The highest BCUT2D eigenvalue weighted by Gasteiger charge is 2.11. The highest BCUT2D eigenvalue weighted by Crippen LogP contribution is 2.15. The summed E-state index contributed by atoms with van der Waals surface area (Å²) in [7, 11) is 0. The van der Waals surface area contributed by atoms with Crippen LogP contribution in [0.4, 0.5) is 0 Å². The summed E-state index contributed by atoms with van der Waals surface area (Å²) >= 11 is 0. The Kier molecular flexibility index (Phi) is 15.0. The van der Waals surface area contributed by atoms with E-state index in [0.717, 1.165) is 44.9 Å². The van der Waals surface area contributed by atoms with Crippen LogP contribution in [-0.4, -0.2) is 18.4 Å². The van der Waals surface area contributed by atoms with Crippen molar-refractivity contribution < 1.29 is 14.3 Å². The minimum atomic E-state index is -0.178. The van der Waals surface area contributed by atoms with E-state index in [4.69, 9.17) is 4.74 Å². The largest absolute Gasteiger partial charge is 0.465 e. The number of Topliss-reactive ketones (excluding diaryl/α,β-unsaturated/α-hetero) is 1. The molecule has 3 heteroatoms. The van der Waals surface area contributed by atoms with E-state index in [1.54, 1.807) is 0 Å². The minimum Gasteiger partial charge on any atom is -0.465 e. The van der Waals surface area contributed by atoms with Crippen LogP contribution in [0, 0.1) is 5.92 Å². The van der Waals surface area contributed by atoms with Gasteiger partial charge >= 0.3 is 5.97 Å². The van der Waals surface area contributed by atoms with Gasteiger partial charge in [-0.25, -0.2) is 0 Å². The van der Waals surface area contributed by atoms with Gasteiger partial charge in [0, 0.05) is 19.3 Å². The quantitative estimate of drug-likeness (QED) is 0.187. The summed E-state index contributed by atoms with van der Waals surface area (Å²) in [5, 5.41) is 0. The molecule has 3 nitrogen and oxygen atoms in total. The molecule has 1 atom stereocenters. The zero-order valence-corrected chi connectivity index (χ0v) is 17.7. The van der Waals surface area contributed by atoms with Gasteiger partial charge in [0.2, 0.25) is 0 Å². The van der Waals surface area contributed by atoms with Crippen molar-refractivity contribution in [2.75, 3.05) is 6.61 Å². The van der Waals surface area contributed by atoms with E-state index in [9.17, 15) is 9.59 Å². The third-order valence-electron chi connectivity index (χ3n) is 4.46. The van der Waals surface area contributed by atoms with E-state index in [1.807, 2.05) is 0 Å². The number of ketones is 1. The Hall–Kier alpha value is -1.38. The van der Waals surface area contributed by atoms with E-state index in [1.165, 1.54) is 11.1 Å². The third-order valence-corrected chi connectivity index (χ3v) is 4.46. The molecule has 0 unspecified atom stereocenters. The maximum atomic E-state index is 11.8. The fourth-order valence-electron chi connectivity index (χ4n) is 2.73.